The highest BCUT2D eigenvalue weighted by Gasteiger charge is 2.45. The lowest BCUT2D eigenvalue weighted by Gasteiger charge is -2.39. The largest absolute Gasteiger partial charge is 0.444 e. The minimum atomic E-state index is -0.504. The molecule has 2 bridgehead atoms. The molecule has 12 nitrogen and oxygen atoms in total. The Labute approximate surface area is 221 Å². The van der Waals surface area contributed by atoms with E-state index in [0.29, 0.717) is 17.6 Å². The summed E-state index contributed by atoms with van der Waals surface area (Å²) >= 11 is 0. The first kappa shape index (κ1) is 24.9. The first-order valence-electron chi connectivity index (χ1n) is 13.7. The smallest absolute Gasteiger partial charge is 0.410 e. The van der Waals surface area contributed by atoms with Gasteiger partial charge in [0.1, 0.15) is 11.4 Å². The molecule has 3 atom stereocenters. The molecule has 38 heavy (non-hydrogen) atoms. The molecule has 204 valence electrons. The maximum atomic E-state index is 12.9. The number of aromatic amines is 1. The van der Waals surface area contributed by atoms with Crippen molar-refractivity contribution >= 4 is 34.7 Å². The summed E-state index contributed by atoms with van der Waals surface area (Å²) in [5, 5.41) is 19.7. The minimum absolute atomic E-state index is 0.141. The summed E-state index contributed by atoms with van der Waals surface area (Å²) in [5.74, 6) is 1.85. The van der Waals surface area contributed by atoms with E-state index in [1.165, 1.54) is 0 Å². The summed E-state index contributed by atoms with van der Waals surface area (Å²) in [7, 11) is 0. The Morgan fingerprint density at radius 3 is 2.61 bits per heavy atom. The number of aryl methyl sites for hydroxylation is 1. The third-order valence-corrected chi connectivity index (χ3v) is 7.51. The summed E-state index contributed by atoms with van der Waals surface area (Å²) in [5.41, 5.74) is 1.17. The zero-order valence-corrected chi connectivity index (χ0v) is 22.5. The zero-order valence-electron chi connectivity index (χ0n) is 22.5. The Kier molecular flexibility index (Phi) is 6.37. The summed E-state index contributed by atoms with van der Waals surface area (Å²) in [6.07, 6.45) is 8.11. The monoisotopic (exact) mass is 523 g/mol. The Morgan fingerprint density at radius 2 is 1.95 bits per heavy atom. The number of hydrogen-bond acceptors (Lipinski definition) is 9. The number of H-pyrrole nitrogens is 1. The molecular weight excluding hydrogens is 486 g/mol. The van der Waals surface area contributed by atoms with Crippen molar-refractivity contribution in [3.05, 3.63) is 18.0 Å². The molecule has 6 rings (SSSR count). The SMILES string of the molecule is Cc1cc(Nc2nc(NC3C[C@H]4CC[C@H](C3)N4C(=O)OC(C)(C)C)nc3c2cnn3C2CCCCO2)n[nH]1. The molecule has 3 saturated heterocycles. The van der Waals surface area contributed by atoms with Crippen molar-refractivity contribution < 1.29 is 14.3 Å². The fraction of sp³-hybridized carbons (Fsp3) is 0.654. The normalized spacial score (nSPS) is 25.5. The quantitative estimate of drug-likeness (QED) is 0.437. The van der Waals surface area contributed by atoms with Crippen molar-refractivity contribution in [1.82, 2.24) is 34.8 Å². The molecule has 3 aliphatic heterocycles. The molecule has 1 amide bonds. The van der Waals surface area contributed by atoms with Crippen LogP contribution in [0.15, 0.2) is 12.3 Å². The van der Waals surface area contributed by atoms with Crippen LogP contribution in [0.5, 0.6) is 0 Å². The lowest BCUT2D eigenvalue weighted by Crippen LogP contribution is -2.51. The minimum Gasteiger partial charge on any atom is -0.444 e. The molecule has 0 spiro atoms. The molecule has 3 aromatic heterocycles. The maximum Gasteiger partial charge on any atom is 0.410 e. The van der Waals surface area contributed by atoms with Crippen LogP contribution in [0.2, 0.25) is 0 Å². The second-order valence-electron chi connectivity index (χ2n) is 11.7. The van der Waals surface area contributed by atoms with Gasteiger partial charge in [0.25, 0.3) is 0 Å². The predicted molar refractivity (Wildman–Crippen MR) is 142 cm³/mol. The number of amides is 1. The standard InChI is InChI=1S/C26H37N9O3/c1-15-11-20(33-32-15)29-22-19-14-27-35(21-7-5-6-10-37-21)23(19)31-24(30-22)28-16-12-17-8-9-18(13-16)34(17)25(36)38-26(2,3)4/h11,14,16-18,21H,5-10,12-13H2,1-4H3,(H3,28,29,30,31,32,33)/t17-,18-,21?/m1/s1. The molecule has 0 aliphatic carbocycles. The third kappa shape index (κ3) is 5.01. The Bertz CT molecular complexity index is 1290. The number of rotatable bonds is 5. The van der Waals surface area contributed by atoms with E-state index < -0.39 is 5.60 Å². The van der Waals surface area contributed by atoms with E-state index in [0.717, 1.165) is 68.3 Å². The second-order valence-corrected chi connectivity index (χ2v) is 11.7. The fourth-order valence-corrected chi connectivity index (χ4v) is 5.91. The van der Waals surface area contributed by atoms with Gasteiger partial charge in [-0.15, -0.1) is 0 Å². The zero-order chi connectivity index (χ0) is 26.4. The van der Waals surface area contributed by atoms with E-state index in [9.17, 15) is 4.79 Å². The van der Waals surface area contributed by atoms with E-state index in [1.807, 2.05) is 43.3 Å². The van der Waals surface area contributed by atoms with Crippen LogP contribution in [0.1, 0.15) is 77.6 Å². The number of carbonyl (C=O) groups excluding carboxylic acids is 1. The van der Waals surface area contributed by atoms with Crippen molar-refractivity contribution in [2.24, 2.45) is 0 Å². The van der Waals surface area contributed by atoms with E-state index in [2.05, 4.69) is 25.9 Å². The number of aromatic nitrogens is 6. The van der Waals surface area contributed by atoms with Gasteiger partial charge >= 0.3 is 6.09 Å². The summed E-state index contributed by atoms with van der Waals surface area (Å²) in [4.78, 5) is 24.6. The number of hydrogen-bond donors (Lipinski definition) is 3. The third-order valence-electron chi connectivity index (χ3n) is 7.51. The van der Waals surface area contributed by atoms with Crippen LogP contribution in [0.25, 0.3) is 11.0 Å². The van der Waals surface area contributed by atoms with Crippen LogP contribution in [0.4, 0.5) is 22.4 Å². The second kappa shape index (κ2) is 9.72. The molecule has 3 N–H and O–H groups in total. The van der Waals surface area contributed by atoms with Gasteiger partial charge < -0.3 is 25.0 Å². The van der Waals surface area contributed by atoms with Gasteiger partial charge in [0.05, 0.1) is 11.6 Å². The number of fused-ring (bicyclic) bond motifs is 3. The van der Waals surface area contributed by atoms with Crippen LogP contribution in [-0.4, -0.2) is 71.3 Å². The van der Waals surface area contributed by atoms with Gasteiger partial charge in [-0.1, -0.05) is 0 Å². The molecule has 3 aromatic rings. The highest BCUT2D eigenvalue weighted by Crippen LogP contribution is 2.38. The first-order valence-corrected chi connectivity index (χ1v) is 13.7. The molecule has 0 radical (unpaired) electrons. The molecule has 3 aliphatic rings. The predicted octanol–water partition coefficient (Wildman–Crippen LogP) is 4.64. The molecule has 1 unspecified atom stereocenters. The maximum absolute atomic E-state index is 12.9. The fourth-order valence-electron chi connectivity index (χ4n) is 5.91. The highest BCUT2D eigenvalue weighted by atomic mass is 16.6. The van der Waals surface area contributed by atoms with Gasteiger partial charge in [-0.2, -0.15) is 20.2 Å². The van der Waals surface area contributed by atoms with Gasteiger partial charge in [-0.3, -0.25) is 5.10 Å². The highest BCUT2D eigenvalue weighted by molar-refractivity contribution is 5.89. The average Bonchev–Trinajstić information content (AvgIpc) is 3.54. The Morgan fingerprint density at radius 1 is 1.16 bits per heavy atom. The average molecular weight is 524 g/mol. The molecule has 3 fully saturated rings. The molecule has 0 aromatic carbocycles. The van der Waals surface area contributed by atoms with Crippen LogP contribution in [0.3, 0.4) is 0 Å². The van der Waals surface area contributed by atoms with Crippen LogP contribution < -0.4 is 10.6 Å². The van der Waals surface area contributed by atoms with Crippen LogP contribution >= 0.6 is 0 Å². The molecule has 6 heterocycles. The van der Waals surface area contributed by atoms with Gasteiger partial charge in [0, 0.05) is 36.5 Å². The number of ether oxygens (including phenoxy) is 2. The lowest BCUT2D eigenvalue weighted by atomic mass is 9.98. The first-order chi connectivity index (χ1) is 18.2. The van der Waals surface area contributed by atoms with E-state index in [4.69, 9.17) is 19.4 Å². The molecular formula is C26H37N9O3. The Hall–Kier alpha value is -3.41. The molecule has 0 saturated carbocycles. The van der Waals surface area contributed by atoms with Crippen molar-refractivity contribution in [2.75, 3.05) is 17.2 Å². The van der Waals surface area contributed by atoms with Crippen LogP contribution in [-0.2, 0) is 9.47 Å². The number of nitrogens with zero attached hydrogens (tertiary/aromatic N) is 6. The summed E-state index contributed by atoms with van der Waals surface area (Å²) in [6, 6.07) is 2.37. The topological polar surface area (TPSA) is 135 Å². The number of anilines is 3. The summed E-state index contributed by atoms with van der Waals surface area (Å²) in [6.45, 7) is 8.41. The lowest BCUT2D eigenvalue weighted by molar-refractivity contribution is -0.0370. The van der Waals surface area contributed by atoms with Crippen molar-refractivity contribution in [3.8, 4) is 0 Å². The van der Waals surface area contributed by atoms with E-state index in [-0.39, 0.29) is 30.4 Å². The van der Waals surface area contributed by atoms with Crippen molar-refractivity contribution in [2.45, 2.75) is 103 Å². The number of piperidine rings is 1. The van der Waals surface area contributed by atoms with Crippen molar-refractivity contribution in [3.63, 3.8) is 0 Å². The van der Waals surface area contributed by atoms with Crippen LogP contribution in [0, 0.1) is 6.92 Å². The number of carbonyl (C=O) groups is 1. The van der Waals surface area contributed by atoms with Gasteiger partial charge in [0.15, 0.2) is 17.7 Å². The summed E-state index contributed by atoms with van der Waals surface area (Å²) < 4.78 is 13.6. The van der Waals surface area contributed by atoms with Crippen molar-refractivity contribution in [1.29, 1.82) is 0 Å². The number of nitrogens with one attached hydrogen (secondary N) is 3. The van der Waals surface area contributed by atoms with E-state index >= 15 is 0 Å². The van der Waals surface area contributed by atoms with Gasteiger partial charge in [0.2, 0.25) is 5.95 Å². The van der Waals surface area contributed by atoms with Gasteiger partial charge in [-0.05, 0) is 72.6 Å². The van der Waals surface area contributed by atoms with Gasteiger partial charge in [-0.25, -0.2) is 9.48 Å². The van der Waals surface area contributed by atoms with E-state index in [1.54, 1.807) is 6.20 Å². The Balaban J connectivity index is 1.26. The molecule has 12 heteroatoms.